The van der Waals surface area contributed by atoms with Crippen LogP contribution < -0.4 is 0 Å². The third-order valence-corrected chi connectivity index (χ3v) is 10.9. The van der Waals surface area contributed by atoms with Gasteiger partial charge in [-0.05, 0) is 64.2 Å². The molecule has 1 unspecified atom stereocenters. The van der Waals surface area contributed by atoms with Crippen LogP contribution in [-0.4, -0.2) is 37.2 Å². The van der Waals surface area contributed by atoms with Crippen molar-refractivity contribution in [2.24, 2.45) is 0 Å². The number of carbonyl (C=O) groups is 3. The van der Waals surface area contributed by atoms with Crippen molar-refractivity contribution in [2.45, 2.75) is 258 Å². The van der Waals surface area contributed by atoms with Gasteiger partial charge in [0.1, 0.15) is 13.2 Å². The lowest BCUT2D eigenvalue weighted by Crippen LogP contribution is -2.30. The van der Waals surface area contributed by atoms with Crippen molar-refractivity contribution < 1.29 is 28.6 Å². The number of hydrogen-bond acceptors (Lipinski definition) is 6. The molecule has 6 nitrogen and oxygen atoms in total. The van der Waals surface area contributed by atoms with Crippen molar-refractivity contribution in [3.8, 4) is 0 Å². The van der Waals surface area contributed by atoms with Crippen LogP contribution in [0.25, 0.3) is 0 Å². The van der Waals surface area contributed by atoms with Crippen LogP contribution in [0.15, 0.2) is 48.6 Å². The van der Waals surface area contributed by atoms with Gasteiger partial charge in [-0.15, -0.1) is 0 Å². The van der Waals surface area contributed by atoms with Crippen molar-refractivity contribution >= 4 is 17.9 Å². The van der Waals surface area contributed by atoms with E-state index in [1.54, 1.807) is 0 Å². The molecule has 0 heterocycles. The zero-order valence-electron chi connectivity index (χ0n) is 39.0. The third kappa shape index (κ3) is 46.3. The molecule has 0 saturated heterocycles. The molecule has 0 fully saturated rings. The van der Waals surface area contributed by atoms with Crippen LogP contribution in [-0.2, 0) is 28.6 Å². The minimum atomic E-state index is -0.781. The van der Waals surface area contributed by atoms with Gasteiger partial charge in [0, 0.05) is 19.3 Å². The highest BCUT2D eigenvalue weighted by molar-refractivity contribution is 5.71. The summed E-state index contributed by atoms with van der Waals surface area (Å²) >= 11 is 0. The average molecular weight is 827 g/mol. The second-order valence-corrected chi connectivity index (χ2v) is 16.8. The Morgan fingerprint density at radius 2 is 0.678 bits per heavy atom. The summed E-state index contributed by atoms with van der Waals surface area (Å²) in [6, 6.07) is 0. The molecule has 1 atom stereocenters. The van der Waals surface area contributed by atoms with Crippen molar-refractivity contribution in [1.29, 1.82) is 0 Å². The van der Waals surface area contributed by atoms with Gasteiger partial charge >= 0.3 is 17.9 Å². The first-order valence-electron chi connectivity index (χ1n) is 25.2. The number of rotatable bonds is 45. The Kier molecular flexibility index (Phi) is 45.9. The minimum absolute atomic E-state index is 0.0807. The molecule has 0 aliphatic carbocycles. The third-order valence-electron chi connectivity index (χ3n) is 10.9. The lowest BCUT2D eigenvalue weighted by molar-refractivity contribution is -0.167. The van der Waals surface area contributed by atoms with Crippen molar-refractivity contribution in [2.75, 3.05) is 13.2 Å². The molecule has 59 heavy (non-hydrogen) atoms. The fourth-order valence-electron chi connectivity index (χ4n) is 7.08. The predicted molar refractivity (Wildman–Crippen MR) is 252 cm³/mol. The van der Waals surface area contributed by atoms with Crippen LogP contribution in [0.1, 0.15) is 252 Å². The molecule has 342 valence electrons. The number of carbonyl (C=O) groups excluding carboxylic acids is 3. The Hall–Kier alpha value is -2.63. The highest BCUT2D eigenvalue weighted by Gasteiger charge is 2.19. The summed E-state index contributed by atoms with van der Waals surface area (Å²) < 4.78 is 16.8. The van der Waals surface area contributed by atoms with Gasteiger partial charge < -0.3 is 14.2 Å². The monoisotopic (exact) mass is 827 g/mol. The summed E-state index contributed by atoms with van der Waals surface area (Å²) in [7, 11) is 0. The van der Waals surface area contributed by atoms with Crippen LogP contribution >= 0.6 is 0 Å². The Bertz CT molecular complexity index is 1040. The van der Waals surface area contributed by atoms with Crippen LogP contribution in [0.3, 0.4) is 0 Å². The van der Waals surface area contributed by atoms with E-state index in [0.717, 1.165) is 83.5 Å². The summed E-state index contributed by atoms with van der Waals surface area (Å²) in [4.78, 5) is 37.9. The van der Waals surface area contributed by atoms with E-state index >= 15 is 0 Å². The molecule has 0 amide bonds. The lowest BCUT2D eigenvalue weighted by Gasteiger charge is -2.18. The van der Waals surface area contributed by atoms with Crippen molar-refractivity contribution in [1.82, 2.24) is 0 Å². The van der Waals surface area contributed by atoms with E-state index in [0.29, 0.717) is 19.3 Å². The van der Waals surface area contributed by atoms with Gasteiger partial charge in [0.05, 0.1) is 0 Å². The molecular formula is C53H94O6. The van der Waals surface area contributed by atoms with E-state index < -0.39 is 6.10 Å². The zero-order valence-corrected chi connectivity index (χ0v) is 39.0. The largest absolute Gasteiger partial charge is 0.462 e. The quantitative estimate of drug-likeness (QED) is 0.0200. The summed E-state index contributed by atoms with van der Waals surface area (Å²) in [6.07, 6.45) is 56.6. The maximum atomic E-state index is 12.8. The van der Waals surface area contributed by atoms with Gasteiger partial charge in [0.15, 0.2) is 6.10 Å². The average Bonchev–Trinajstić information content (AvgIpc) is 3.23. The number of ether oxygens (including phenoxy) is 3. The van der Waals surface area contributed by atoms with Crippen molar-refractivity contribution in [3.05, 3.63) is 48.6 Å². The molecule has 0 aromatic heterocycles. The van der Waals surface area contributed by atoms with E-state index in [4.69, 9.17) is 14.2 Å². The molecule has 0 bridgehead atoms. The van der Waals surface area contributed by atoms with E-state index in [2.05, 4.69) is 69.4 Å². The first-order chi connectivity index (χ1) is 29.0. The Labute approximate surface area is 365 Å². The first-order valence-corrected chi connectivity index (χ1v) is 25.2. The molecule has 0 rings (SSSR count). The number of allylic oxidation sites excluding steroid dienone is 8. The molecule has 0 saturated carbocycles. The van der Waals surface area contributed by atoms with Gasteiger partial charge in [-0.25, -0.2) is 0 Å². The highest BCUT2D eigenvalue weighted by atomic mass is 16.6. The number of unbranched alkanes of at least 4 members (excludes halogenated alkanes) is 28. The van der Waals surface area contributed by atoms with Crippen molar-refractivity contribution in [3.63, 3.8) is 0 Å². The normalized spacial score (nSPS) is 12.4. The predicted octanol–water partition coefficient (Wildman–Crippen LogP) is 16.3. The molecule has 0 aromatic carbocycles. The lowest BCUT2D eigenvalue weighted by atomic mass is 10.0. The standard InChI is InChI=1S/C53H94O6/c1-4-7-10-13-16-19-22-25-26-29-31-34-37-40-43-46-52(55)58-49-50(59-53(56)47-44-41-38-35-32-28-24-21-18-15-12-9-6-3)48-57-51(54)45-42-39-36-33-30-27-23-20-17-14-11-8-5-2/h9,12,15,18-19,21-22,24,50H,4-8,10-11,13-14,16-17,20,23,25-49H2,1-3H3/b12-9+,18-15+,22-19+,24-21+. The molecule has 0 radical (unpaired) electrons. The van der Waals surface area contributed by atoms with E-state index in [1.165, 1.54) is 128 Å². The van der Waals surface area contributed by atoms with Gasteiger partial charge in [0.25, 0.3) is 0 Å². The smallest absolute Gasteiger partial charge is 0.306 e. The summed E-state index contributed by atoms with van der Waals surface area (Å²) in [5.41, 5.74) is 0. The maximum absolute atomic E-state index is 12.8. The van der Waals surface area contributed by atoms with Crippen LogP contribution in [0.2, 0.25) is 0 Å². The summed E-state index contributed by atoms with van der Waals surface area (Å²) in [5, 5.41) is 0. The number of esters is 3. The molecule has 0 aliphatic rings. The highest BCUT2D eigenvalue weighted by Crippen LogP contribution is 2.15. The fraction of sp³-hybridized carbons (Fsp3) is 0.792. The minimum Gasteiger partial charge on any atom is -0.462 e. The summed E-state index contributed by atoms with van der Waals surface area (Å²) in [5.74, 6) is -0.900. The Morgan fingerprint density at radius 3 is 1.08 bits per heavy atom. The Balaban J connectivity index is 4.39. The molecule has 0 spiro atoms. The second-order valence-electron chi connectivity index (χ2n) is 16.8. The number of hydrogen-bond donors (Lipinski definition) is 0. The Morgan fingerprint density at radius 1 is 0.356 bits per heavy atom. The topological polar surface area (TPSA) is 78.9 Å². The van der Waals surface area contributed by atoms with Crippen LogP contribution in [0.5, 0.6) is 0 Å². The zero-order chi connectivity index (χ0) is 43.0. The SMILES string of the molecule is CC/C=C/C=C/C=C/CCCCCCCC(=O)OC(COC(=O)CCCCCCCCC/C=C/CCCCCC)COC(=O)CCCCCCCCCCCCCCC. The summed E-state index contributed by atoms with van der Waals surface area (Å²) in [6.45, 7) is 6.48. The molecule has 0 aliphatic heterocycles. The molecule has 0 aromatic rings. The van der Waals surface area contributed by atoms with E-state index in [1.807, 2.05) is 0 Å². The molecule has 6 heteroatoms. The van der Waals surface area contributed by atoms with Gasteiger partial charge in [-0.3, -0.25) is 14.4 Å². The van der Waals surface area contributed by atoms with Crippen LogP contribution in [0, 0.1) is 0 Å². The van der Waals surface area contributed by atoms with Crippen LogP contribution in [0.4, 0.5) is 0 Å². The fourth-order valence-corrected chi connectivity index (χ4v) is 7.08. The van der Waals surface area contributed by atoms with Gasteiger partial charge in [0.2, 0.25) is 0 Å². The van der Waals surface area contributed by atoms with E-state index in [9.17, 15) is 14.4 Å². The molecular weight excluding hydrogens is 733 g/mol. The van der Waals surface area contributed by atoms with Gasteiger partial charge in [-0.2, -0.15) is 0 Å². The van der Waals surface area contributed by atoms with Gasteiger partial charge in [-0.1, -0.05) is 217 Å². The van der Waals surface area contributed by atoms with E-state index in [-0.39, 0.29) is 31.1 Å². The molecule has 0 N–H and O–H groups in total. The second kappa shape index (κ2) is 48.0. The maximum Gasteiger partial charge on any atom is 0.306 e. The first kappa shape index (κ1) is 56.4.